The first-order valence-corrected chi connectivity index (χ1v) is 8.99. The fourth-order valence-electron chi connectivity index (χ4n) is 3.17. The first kappa shape index (κ1) is 17.4. The third-order valence-corrected chi connectivity index (χ3v) is 4.49. The number of rotatable bonds is 5. The zero-order chi connectivity index (χ0) is 18.5. The van der Waals surface area contributed by atoms with Crippen LogP contribution < -0.4 is 4.74 Å². The van der Waals surface area contributed by atoms with E-state index in [1.807, 2.05) is 41.2 Å². The van der Waals surface area contributed by atoms with Gasteiger partial charge in [-0.05, 0) is 24.6 Å². The van der Waals surface area contributed by atoms with Crippen LogP contribution in [0.3, 0.4) is 0 Å². The lowest BCUT2D eigenvalue weighted by molar-refractivity contribution is -0.134. The smallest absolute Gasteiger partial charge is 0.260 e. The van der Waals surface area contributed by atoms with Gasteiger partial charge in [0, 0.05) is 32.1 Å². The maximum absolute atomic E-state index is 12.7. The van der Waals surface area contributed by atoms with Crippen LogP contribution in [0.25, 0.3) is 10.9 Å². The predicted octanol–water partition coefficient (Wildman–Crippen LogP) is 1.52. The Morgan fingerprint density at radius 1 is 1.26 bits per heavy atom. The maximum Gasteiger partial charge on any atom is 0.260 e. The molecule has 1 aliphatic rings. The molecule has 0 spiro atoms. The van der Waals surface area contributed by atoms with Gasteiger partial charge >= 0.3 is 0 Å². The fraction of sp³-hybridized carbons (Fsp3) is 0.368. The van der Waals surface area contributed by atoms with E-state index in [9.17, 15) is 4.79 Å². The lowest BCUT2D eigenvalue weighted by Crippen LogP contribution is -2.41. The summed E-state index contributed by atoms with van der Waals surface area (Å²) in [6.07, 6.45) is 5.79. The standard InChI is InChI=1S/C19H21N5O3/c25-18(13-27-19-16-5-1-2-6-17(16)20-14-21-19)23-8-4-10-26-15(11-23)12-24-9-3-7-22-24/h1-3,5-7,9,14-15H,4,8,10-13H2/t15-/m1/s1. The van der Waals surface area contributed by atoms with Crippen LogP contribution in [-0.2, 0) is 16.1 Å². The molecule has 0 aliphatic carbocycles. The summed E-state index contributed by atoms with van der Waals surface area (Å²) in [5.41, 5.74) is 0.789. The number of aromatic nitrogens is 4. The summed E-state index contributed by atoms with van der Waals surface area (Å²) in [5.74, 6) is 0.349. The van der Waals surface area contributed by atoms with Gasteiger partial charge in [0.2, 0.25) is 5.88 Å². The van der Waals surface area contributed by atoms with Gasteiger partial charge < -0.3 is 14.4 Å². The van der Waals surface area contributed by atoms with Crippen LogP contribution in [0.2, 0.25) is 0 Å². The number of hydrogen-bond donors (Lipinski definition) is 0. The summed E-state index contributed by atoms with van der Waals surface area (Å²) < 4.78 is 13.4. The van der Waals surface area contributed by atoms with Crippen molar-refractivity contribution in [3.63, 3.8) is 0 Å². The predicted molar refractivity (Wildman–Crippen MR) is 98.2 cm³/mol. The van der Waals surface area contributed by atoms with E-state index in [0.29, 0.717) is 32.1 Å². The number of fused-ring (bicyclic) bond motifs is 1. The first-order valence-electron chi connectivity index (χ1n) is 8.99. The number of para-hydroxylation sites is 1. The van der Waals surface area contributed by atoms with Gasteiger partial charge in [0.15, 0.2) is 6.61 Å². The van der Waals surface area contributed by atoms with Crippen LogP contribution in [0.15, 0.2) is 49.1 Å². The second-order valence-electron chi connectivity index (χ2n) is 6.40. The number of hydrogen-bond acceptors (Lipinski definition) is 6. The van der Waals surface area contributed by atoms with E-state index < -0.39 is 0 Å². The van der Waals surface area contributed by atoms with E-state index >= 15 is 0 Å². The molecule has 0 saturated carbocycles. The number of nitrogens with zero attached hydrogens (tertiary/aromatic N) is 5. The average Bonchev–Trinajstić information content (AvgIpc) is 3.10. The van der Waals surface area contributed by atoms with Crippen LogP contribution in [0.4, 0.5) is 0 Å². The molecule has 8 nitrogen and oxygen atoms in total. The van der Waals surface area contributed by atoms with E-state index in [1.54, 1.807) is 11.1 Å². The molecule has 1 atom stereocenters. The normalized spacial score (nSPS) is 17.6. The Morgan fingerprint density at radius 3 is 3.07 bits per heavy atom. The molecule has 2 aromatic heterocycles. The lowest BCUT2D eigenvalue weighted by Gasteiger charge is -2.24. The van der Waals surface area contributed by atoms with Crippen molar-refractivity contribution in [1.82, 2.24) is 24.6 Å². The van der Waals surface area contributed by atoms with Crippen LogP contribution in [0, 0.1) is 0 Å². The molecule has 3 heterocycles. The summed E-state index contributed by atoms with van der Waals surface area (Å²) in [5, 5.41) is 5.01. The van der Waals surface area contributed by atoms with Gasteiger partial charge in [-0.2, -0.15) is 5.10 Å². The molecule has 1 aliphatic heterocycles. The minimum Gasteiger partial charge on any atom is -0.467 e. The molecule has 1 amide bonds. The quantitative estimate of drug-likeness (QED) is 0.680. The highest BCUT2D eigenvalue weighted by molar-refractivity contribution is 5.84. The van der Waals surface area contributed by atoms with Crippen LogP contribution in [0.1, 0.15) is 6.42 Å². The Kier molecular flexibility index (Phi) is 5.24. The molecule has 4 rings (SSSR count). The summed E-state index contributed by atoms with van der Waals surface area (Å²) >= 11 is 0. The Balaban J connectivity index is 1.39. The molecule has 27 heavy (non-hydrogen) atoms. The largest absolute Gasteiger partial charge is 0.467 e. The Bertz CT molecular complexity index is 894. The summed E-state index contributed by atoms with van der Waals surface area (Å²) in [4.78, 5) is 22.9. The number of amides is 1. The van der Waals surface area contributed by atoms with Gasteiger partial charge in [-0.3, -0.25) is 9.48 Å². The lowest BCUT2D eigenvalue weighted by atomic mass is 10.2. The molecule has 1 aromatic carbocycles. The molecule has 1 fully saturated rings. The van der Waals surface area contributed by atoms with Gasteiger partial charge in [-0.25, -0.2) is 9.97 Å². The first-order chi connectivity index (χ1) is 13.3. The van der Waals surface area contributed by atoms with Crippen molar-refractivity contribution in [2.75, 3.05) is 26.3 Å². The number of carbonyl (C=O) groups is 1. The minimum atomic E-state index is -0.0868. The average molecular weight is 367 g/mol. The Labute approximate surface area is 156 Å². The Morgan fingerprint density at radius 2 is 2.19 bits per heavy atom. The Hall–Kier alpha value is -3.00. The van der Waals surface area contributed by atoms with Crippen LogP contribution in [-0.4, -0.2) is 63.0 Å². The van der Waals surface area contributed by atoms with Gasteiger partial charge in [0.25, 0.3) is 5.91 Å². The zero-order valence-electron chi connectivity index (χ0n) is 14.9. The van der Waals surface area contributed by atoms with Crippen molar-refractivity contribution in [2.45, 2.75) is 19.1 Å². The van der Waals surface area contributed by atoms with Gasteiger partial charge in [-0.15, -0.1) is 0 Å². The van der Waals surface area contributed by atoms with E-state index in [1.165, 1.54) is 6.33 Å². The highest BCUT2D eigenvalue weighted by Crippen LogP contribution is 2.20. The third kappa shape index (κ3) is 4.22. The molecular formula is C19H21N5O3. The van der Waals surface area contributed by atoms with E-state index in [-0.39, 0.29) is 18.6 Å². The van der Waals surface area contributed by atoms with E-state index in [2.05, 4.69) is 15.1 Å². The molecule has 0 unspecified atom stereocenters. The van der Waals surface area contributed by atoms with Crippen molar-refractivity contribution < 1.29 is 14.3 Å². The van der Waals surface area contributed by atoms with E-state index in [0.717, 1.165) is 17.3 Å². The summed E-state index contributed by atoms with van der Waals surface area (Å²) in [7, 11) is 0. The zero-order valence-corrected chi connectivity index (χ0v) is 14.9. The van der Waals surface area contributed by atoms with Crippen molar-refractivity contribution in [3.05, 3.63) is 49.1 Å². The van der Waals surface area contributed by atoms with Gasteiger partial charge in [0.1, 0.15) is 6.33 Å². The molecule has 3 aromatic rings. The van der Waals surface area contributed by atoms with Crippen molar-refractivity contribution >= 4 is 16.8 Å². The topological polar surface area (TPSA) is 82.4 Å². The highest BCUT2D eigenvalue weighted by Gasteiger charge is 2.23. The van der Waals surface area contributed by atoms with Crippen LogP contribution in [0.5, 0.6) is 5.88 Å². The van der Waals surface area contributed by atoms with Crippen molar-refractivity contribution in [2.24, 2.45) is 0 Å². The second kappa shape index (κ2) is 8.13. The molecule has 140 valence electrons. The number of ether oxygens (including phenoxy) is 2. The van der Waals surface area contributed by atoms with Crippen molar-refractivity contribution in [1.29, 1.82) is 0 Å². The fourth-order valence-corrected chi connectivity index (χ4v) is 3.17. The maximum atomic E-state index is 12.7. The van der Waals surface area contributed by atoms with Gasteiger partial charge in [-0.1, -0.05) is 12.1 Å². The van der Waals surface area contributed by atoms with Gasteiger partial charge in [0.05, 0.1) is 23.6 Å². The summed E-state index contributed by atoms with van der Waals surface area (Å²) in [6, 6.07) is 9.44. The SMILES string of the molecule is O=C(COc1ncnc2ccccc12)N1CCCO[C@@H](Cn2cccn2)C1. The molecule has 0 radical (unpaired) electrons. The van der Waals surface area contributed by atoms with E-state index in [4.69, 9.17) is 9.47 Å². The molecule has 1 saturated heterocycles. The molecule has 8 heteroatoms. The second-order valence-corrected chi connectivity index (χ2v) is 6.40. The summed E-state index contributed by atoms with van der Waals surface area (Å²) in [6.45, 7) is 2.37. The third-order valence-electron chi connectivity index (χ3n) is 4.49. The number of carbonyl (C=O) groups excluding carboxylic acids is 1. The minimum absolute atomic E-state index is 0.0600. The molecular weight excluding hydrogens is 346 g/mol. The van der Waals surface area contributed by atoms with Crippen LogP contribution >= 0.6 is 0 Å². The van der Waals surface area contributed by atoms with Crippen molar-refractivity contribution in [3.8, 4) is 5.88 Å². The number of benzene rings is 1. The molecule has 0 bridgehead atoms. The highest BCUT2D eigenvalue weighted by atomic mass is 16.5. The monoisotopic (exact) mass is 367 g/mol. The molecule has 0 N–H and O–H groups in total.